The number of aromatic hydroxyl groups is 4. The average Bonchev–Trinajstić information content (AvgIpc) is 3.13. The molecule has 0 heterocycles. The quantitative estimate of drug-likeness (QED) is 0.0572. The molecule has 4 N–H and O–H groups in total. The molecule has 0 saturated heterocycles. The molecule has 0 amide bonds. The minimum atomic E-state index is -0.744. The number of rotatable bonds is 12. The number of nitro groups is 2. The van der Waals surface area contributed by atoms with Gasteiger partial charge in [-0.25, -0.2) is 0 Å². The van der Waals surface area contributed by atoms with E-state index in [-0.39, 0.29) is 68.0 Å². The Morgan fingerprint density at radius 3 is 1.08 bits per heavy atom. The molecule has 52 heavy (non-hydrogen) atoms. The number of methoxy groups -OCH3 is 2. The highest BCUT2D eigenvalue weighted by molar-refractivity contribution is 5.95. The highest BCUT2D eigenvalue weighted by atomic mass is 16.6. The number of nitro benzene ring substituents is 2. The zero-order chi connectivity index (χ0) is 37.4. The molecule has 5 aromatic carbocycles. The second-order valence-corrected chi connectivity index (χ2v) is 10.6. The van der Waals surface area contributed by atoms with Gasteiger partial charge in [0.05, 0.1) is 46.8 Å². The third kappa shape index (κ3) is 7.81. The van der Waals surface area contributed by atoms with Crippen molar-refractivity contribution in [3.8, 4) is 34.5 Å². The summed E-state index contributed by atoms with van der Waals surface area (Å²) in [5.74, 6) is -1.24. The summed E-state index contributed by atoms with van der Waals surface area (Å²) in [6.07, 6.45) is 5.03. The average molecular weight is 705 g/mol. The van der Waals surface area contributed by atoms with Gasteiger partial charge in [0.1, 0.15) is 0 Å². The minimum absolute atomic E-state index is 0.0109. The van der Waals surface area contributed by atoms with Crippen LogP contribution in [0.1, 0.15) is 22.3 Å². The maximum absolute atomic E-state index is 11.4. The van der Waals surface area contributed by atoms with Crippen molar-refractivity contribution in [3.63, 3.8) is 0 Å². The van der Waals surface area contributed by atoms with E-state index in [1.54, 1.807) is 36.4 Å². The summed E-state index contributed by atoms with van der Waals surface area (Å²) in [6, 6.07) is 20.3. The van der Waals surface area contributed by atoms with Crippen molar-refractivity contribution in [1.82, 2.24) is 0 Å². The Morgan fingerprint density at radius 1 is 0.500 bits per heavy atom. The number of benzene rings is 5. The van der Waals surface area contributed by atoms with Gasteiger partial charge in [-0.05, 0) is 48.5 Å². The smallest absolute Gasteiger partial charge is 0.311 e. The first-order valence-electron chi connectivity index (χ1n) is 15.0. The molecular weight excluding hydrogens is 676 g/mol. The first-order chi connectivity index (χ1) is 25.0. The molecule has 0 bridgehead atoms. The van der Waals surface area contributed by atoms with Crippen molar-refractivity contribution >= 4 is 59.0 Å². The molecule has 16 nitrogen and oxygen atoms in total. The number of para-hydroxylation sites is 4. The highest BCUT2D eigenvalue weighted by Crippen LogP contribution is 2.42. The lowest BCUT2D eigenvalue weighted by Gasteiger charge is -2.09. The van der Waals surface area contributed by atoms with Gasteiger partial charge in [-0.2, -0.15) is 0 Å². The molecular formula is C36H28N6O10. The van der Waals surface area contributed by atoms with Crippen molar-refractivity contribution in [3.05, 3.63) is 127 Å². The summed E-state index contributed by atoms with van der Waals surface area (Å²) >= 11 is 0. The number of phenolic OH excluding ortho intramolecular Hbond substituents is 4. The third-order valence-corrected chi connectivity index (χ3v) is 7.43. The summed E-state index contributed by atoms with van der Waals surface area (Å²) in [7, 11) is 2.78. The van der Waals surface area contributed by atoms with Crippen LogP contribution in [0.5, 0.6) is 34.5 Å². The van der Waals surface area contributed by atoms with Crippen LogP contribution in [-0.4, -0.2) is 69.4 Å². The maximum Gasteiger partial charge on any atom is 0.311 e. The SMILES string of the molecule is COc1cccc(C=Nc2cc(N=Cc3cccc(OC)c3O)c(N=Cc3cccc([N+](=O)[O-])c3O)cc2N=Cc2cccc([N+](=O)[O-])c2O)c1O. The lowest BCUT2D eigenvalue weighted by Crippen LogP contribution is -1.92. The Hall–Kier alpha value is -7.62. The van der Waals surface area contributed by atoms with Gasteiger partial charge >= 0.3 is 11.4 Å². The van der Waals surface area contributed by atoms with E-state index in [0.29, 0.717) is 0 Å². The molecule has 0 aliphatic rings. The summed E-state index contributed by atoms with van der Waals surface area (Å²) in [4.78, 5) is 39.3. The molecule has 0 saturated carbocycles. The monoisotopic (exact) mass is 704 g/mol. The van der Waals surface area contributed by atoms with Crippen molar-refractivity contribution in [1.29, 1.82) is 0 Å². The second kappa shape index (κ2) is 15.7. The van der Waals surface area contributed by atoms with Crippen LogP contribution in [0.3, 0.4) is 0 Å². The van der Waals surface area contributed by atoms with Gasteiger partial charge in [0.25, 0.3) is 0 Å². The predicted molar refractivity (Wildman–Crippen MR) is 194 cm³/mol. The topological polar surface area (TPSA) is 235 Å². The van der Waals surface area contributed by atoms with E-state index in [9.17, 15) is 40.7 Å². The molecule has 5 rings (SSSR count). The Morgan fingerprint density at radius 2 is 0.788 bits per heavy atom. The van der Waals surface area contributed by atoms with E-state index >= 15 is 0 Å². The highest BCUT2D eigenvalue weighted by Gasteiger charge is 2.18. The van der Waals surface area contributed by atoms with Crippen LogP contribution >= 0.6 is 0 Å². The van der Waals surface area contributed by atoms with Gasteiger partial charge in [0.15, 0.2) is 23.0 Å². The molecule has 0 atom stereocenters. The van der Waals surface area contributed by atoms with Gasteiger partial charge < -0.3 is 29.9 Å². The van der Waals surface area contributed by atoms with Crippen LogP contribution in [0.15, 0.2) is 105 Å². The summed E-state index contributed by atoms with van der Waals surface area (Å²) < 4.78 is 10.4. The lowest BCUT2D eigenvalue weighted by molar-refractivity contribution is -0.386. The molecule has 0 unspecified atom stereocenters. The fraction of sp³-hybridized carbons (Fsp3) is 0.0556. The van der Waals surface area contributed by atoms with Crippen LogP contribution < -0.4 is 9.47 Å². The van der Waals surface area contributed by atoms with Crippen LogP contribution in [-0.2, 0) is 0 Å². The van der Waals surface area contributed by atoms with E-state index in [1.165, 1.54) is 75.5 Å². The molecule has 0 fully saturated rings. The fourth-order valence-electron chi connectivity index (χ4n) is 4.74. The van der Waals surface area contributed by atoms with Crippen molar-refractivity contribution in [2.24, 2.45) is 20.0 Å². The summed E-state index contributed by atoms with van der Waals surface area (Å²) in [5, 5.41) is 65.2. The Bertz CT molecular complexity index is 2150. The second-order valence-electron chi connectivity index (χ2n) is 10.6. The van der Waals surface area contributed by atoms with Crippen LogP contribution in [0.2, 0.25) is 0 Å². The Labute approximate surface area is 294 Å². The van der Waals surface area contributed by atoms with Gasteiger partial charge in [0.2, 0.25) is 11.5 Å². The van der Waals surface area contributed by atoms with Crippen LogP contribution in [0.25, 0.3) is 0 Å². The number of phenols is 4. The minimum Gasteiger partial charge on any atom is -0.504 e. The Kier molecular flexibility index (Phi) is 10.8. The summed E-state index contributed by atoms with van der Waals surface area (Å²) in [5.41, 5.74) is -0.0169. The van der Waals surface area contributed by atoms with Crippen LogP contribution in [0.4, 0.5) is 34.1 Å². The normalized spacial score (nSPS) is 11.6. The first kappa shape index (κ1) is 35.7. The van der Waals surface area contributed by atoms with Crippen molar-refractivity contribution in [2.45, 2.75) is 0 Å². The van der Waals surface area contributed by atoms with Gasteiger partial charge in [-0.1, -0.05) is 24.3 Å². The van der Waals surface area contributed by atoms with Gasteiger partial charge in [-0.3, -0.25) is 40.2 Å². The van der Waals surface area contributed by atoms with Gasteiger partial charge in [0, 0.05) is 59.2 Å². The summed E-state index contributed by atoms with van der Waals surface area (Å²) in [6.45, 7) is 0. The maximum atomic E-state index is 11.4. The molecule has 262 valence electrons. The largest absolute Gasteiger partial charge is 0.504 e. The standard InChI is InChI=1S/C36H28N6O10/c1-51-31-13-5-9-23(35(31)45)19-39-27-16-28(40-20-24-10-6-14-32(52-2)36(24)46)26(38-18-22-8-4-12-30(34(22)44)42(49)50)15-25(27)37-17-21-7-3-11-29(33(21)43)41(47)48/h3-20,43-46H,1-2H3. The third-order valence-electron chi connectivity index (χ3n) is 7.43. The number of hydrogen-bond donors (Lipinski definition) is 4. The number of nitrogens with zero attached hydrogens (tertiary/aromatic N) is 6. The van der Waals surface area contributed by atoms with Crippen molar-refractivity contribution in [2.75, 3.05) is 14.2 Å². The molecule has 0 aliphatic heterocycles. The number of aliphatic imine (C=N–C) groups is 4. The van der Waals surface area contributed by atoms with E-state index in [2.05, 4.69) is 20.0 Å². The van der Waals surface area contributed by atoms with E-state index in [4.69, 9.17) is 9.47 Å². The predicted octanol–water partition coefficient (Wildman–Crippen LogP) is 7.35. The molecule has 5 aromatic rings. The van der Waals surface area contributed by atoms with E-state index in [1.807, 2.05) is 0 Å². The number of hydrogen-bond acceptors (Lipinski definition) is 14. The van der Waals surface area contributed by atoms with Crippen molar-refractivity contribution < 1.29 is 39.7 Å². The zero-order valence-corrected chi connectivity index (χ0v) is 27.3. The lowest BCUT2D eigenvalue weighted by atomic mass is 10.1. The first-order valence-corrected chi connectivity index (χ1v) is 15.0. The zero-order valence-electron chi connectivity index (χ0n) is 27.3. The molecule has 0 aliphatic carbocycles. The van der Waals surface area contributed by atoms with E-state index < -0.39 is 32.7 Å². The number of ether oxygens (including phenoxy) is 2. The van der Waals surface area contributed by atoms with Crippen LogP contribution in [0, 0.1) is 20.2 Å². The fourth-order valence-corrected chi connectivity index (χ4v) is 4.74. The van der Waals surface area contributed by atoms with Gasteiger partial charge in [-0.15, -0.1) is 0 Å². The molecule has 16 heteroatoms. The molecule has 0 radical (unpaired) electrons. The van der Waals surface area contributed by atoms with E-state index in [0.717, 1.165) is 12.1 Å². The molecule has 0 aromatic heterocycles. The molecule has 0 spiro atoms. The Balaban J connectivity index is 1.72.